The van der Waals surface area contributed by atoms with Crippen molar-refractivity contribution in [3.8, 4) is 0 Å². The van der Waals surface area contributed by atoms with Crippen LogP contribution in [0.5, 0.6) is 0 Å². The van der Waals surface area contributed by atoms with Gasteiger partial charge in [0.15, 0.2) is 0 Å². The molecule has 1 aromatic carbocycles. The minimum absolute atomic E-state index is 0.166. The molecule has 0 saturated heterocycles. The Kier molecular flexibility index (Phi) is 3.51. The second-order valence-electron chi connectivity index (χ2n) is 5.39. The second kappa shape index (κ2) is 4.91. The van der Waals surface area contributed by atoms with Gasteiger partial charge in [0.1, 0.15) is 0 Å². The highest BCUT2D eigenvalue weighted by molar-refractivity contribution is 5.95. The third-order valence-electron chi connectivity index (χ3n) is 3.90. The largest absolute Gasteiger partial charge is 0.325 e. The summed E-state index contributed by atoms with van der Waals surface area (Å²) in [4.78, 5) is 12.3. The number of carbonyl (C=O) groups excluding carboxylic acids is 1. The lowest BCUT2D eigenvalue weighted by Crippen LogP contribution is -2.35. The molecule has 0 heterocycles. The molecule has 2 nitrogen and oxygen atoms in total. The van der Waals surface area contributed by atoms with E-state index in [9.17, 15) is 4.79 Å². The number of anilines is 1. The molecule has 17 heavy (non-hydrogen) atoms. The van der Waals surface area contributed by atoms with Crippen molar-refractivity contribution in [3.63, 3.8) is 0 Å². The van der Waals surface area contributed by atoms with Crippen LogP contribution in [0.3, 0.4) is 0 Å². The van der Waals surface area contributed by atoms with Gasteiger partial charge in [-0.1, -0.05) is 44.4 Å². The van der Waals surface area contributed by atoms with Crippen LogP contribution in [0.15, 0.2) is 24.3 Å². The monoisotopic (exact) mass is 231 g/mol. The molecule has 0 spiro atoms. The van der Waals surface area contributed by atoms with E-state index >= 15 is 0 Å². The Morgan fingerprint density at radius 1 is 1.18 bits per heavy atom. The lowest BCUT2D eigenvalue weighted by Gasteiger charge is -2.32. The zero-order chi connectivity index (χ0) is 12.3. The fourth-order valence-electron chi connectivity index (χ4n) is 2.55. The summed E-state index contributed by atoms with van der Waals surface area (Å²) in [7, 11) is 0. The first kappa shape index (κ1) is 12.2. The van der Waals surface area contributed by atoms with Gasteiger partial charge in [-0.15, -0.1) is 0 Å². The highest BCUT2D eigenvalue weighted by atomic mass is 16.2. The van der Waals surface area contributed by atoms with Gasteiger partial charge in [0.05, 0.1) is 0 Å². The van der Waals surface area contributed by atoms with Gasteiger partial charge in [-0.25, -0.2) is 0 Å². The molecule has 0 aromatic heterocycles. The van der Waals surface area contributed by atoms with Gasteiger partial charge in [-0.3, -0.25) is 4.79 Å². The Hall–Kier alpha value is -1.31. The van der Waals surface area contributed by atoms with Crippen molar-refractivity contribution in [3.05, 3.63) is 29.8 Å². The fraction of sp³-hybridized carbons (Fsp3) is 0.533. The first-order valence-corrected chi connectivity index (χ1v) is 6.49. The van der Waals surface area contributed by atoms with Gasteiger partial charge < -0.3 is 5.32 Å². The van der Waals surface area contributed by atoms with E-state index in [-0.39, 0.29) is 11.3 Å². The van der Waals surface area contributed by atoms with E-state index in [0.29, 0.717) is 0 Å². The summed E-state index contributed by atoms with van der Waals surface area (Å²) in [5, 5.41) is 3.08. The number of hydrogen-bond acceptors (Lipinski definition) is 1. The van der Waals surface area contributed by atoms with Gasteiger partial charge in [0, 0.05) is 11.1 Å². The first-order chi connectivity index (χ1) is 8.12. The molecule has 1 aliphatic rings. The van der Waals surface area contributed by atoms with Crippen LogP contribution in [-0.4, -0.2) is 5.91 Å². The van der Waals surface area contributed by atoms with Gasteiger partial charge >= 0.3 is 0 Å². The van der Waals surface area contributed by atoms with Crippen molar-refractivity contribution >= 4 is 11.6 Å². The first-order valence-electron chi connectivity index (χ1n) is 6.49. The molecule has 0 aliphatic heterocycles. The average Bonchev–Trinajstić information content (AvgIpc) is 2.33. The molecule has 1 saturated carbocycles. The summed E-state index contributed by atoms with van der Waals surface area (Å²) in [5.74, 6) is 0.187. The van der Waals surface area contributed by atoms with Crippen LogP contribution >= 0.6 is 0 Å². The van der Waals surface area contributed by atoms with Crippen LogP contribution in [-0.2, 0) is 4.79 Å². The van der Waals surface area contributed by atoms with E-state index in [4.69, 9.17) is 0 Å². The number of para-hydroxylation sites is 1. The highest BCUT2D eigenvalue weighted by Gasteiger charge is 2.34. The molecule has 1 N–H and O–H groups in total. The Bertz CT molecular complexity index is 405. The number of rotatable bonds is 2. The molecule has 92 valence electrons. The van der Waals surface area contributed by atoms with Crippen LogP contribution in [0.2, 0.25) is 0 Å². The second-order valence-corrected chi connectivity index (χ2v) is 5.39. The zero-order valence-electron chi connectivity index (χ0n) is 10.8. The lowest BCUT2D eigenvalue weighted by molar-refractivity contribution is -0.126. The molecule has 1 aromatic rings. The van der Waals surface area contributed by atoms with Gasteiger partial charge in [0.2, 0.25) is 5.91 Å². The topological polar surface area (TPSA) is 29.1 Å². The molecule has 2 heteroatoms. The Balaban J connectivity index is 2.08. The number of carbonyl (C=O) groups is 1. The van der Waals surface area contributed by atoms with Crippen LogP contribution in [0, 0.1) is 12.3 Å². The molecule has 1 amide bonds. The van der Waals surface area contributed by atoms with E-state index < -0.39 is 0 Å². The van der Waals surface area contributed by atoms with Gasteiger partial charge in [0.25, 0.3) is 0 Å². The number of aryl methyl sites for hydroxylation is 1. The fourth-order valence-corrected chi connectivity index (χ4v) is 2.55. The molecular weight excluding hydrogens is 210 g/mol. The lowest BCUT2D eigenvalue weighted by atomic mass is 9.75. The smallest absolute Gasteiger partial charge is 0.230 e. The van der Waals surface area contributed by atoms with Crippen molar-refractivity contribution in [2.24, 2.45) is 5.41 Å². The summed E-state index contributed by atoms with van der Waals surface area (Å²) in [6.45, 7) is 4.12. The normalized spacial score (nSPS) is 18.7. The highest BCUT2D eigenvalue weighted by Crippen LogP contribution is 2.36. The molecule has 0 unspecified atom stereocenters. The quantitative estimate of drug-likeness (QED) is 0.821. The zero-order valence-corrected chi connectivity index (χ0v) is 10.8. The molecule has 2 rings (SSSR count). The summed E-state index contributed by atoms with van der Waals surface area (Å²) >= 11 is 0. The predicted octanol–water partition coefficient (Wildman–Crippen LogP) is 3.90. The summed E-state index contributed by atoms with van der Waals surface area (Å²) in [6, 6.07) is 7.96. The standard InChI is InChI=1S/C15H21NO/c1-12-8-4-5-9-13(12)16-14(17)15(2)10-6-3-7-11-15/h4-5,8-9H,3,6-7,10-11H2,1-2H3,(H,16,17). The van der Waals surface area contributed by atoms with Crippen molar-refractivity contribution in [2.45, 2.75) is 46.0 Å². The molecule has 1 aliphatic carbocycles. The molecule has 1 fully saturated rings. The molecule has 0 bridgehead atoms. The van der Waals surface area contributed by atoms with E-state index in [2.05, 4.69) is 12.2 Å². The van der Waals surface area contributed by atoms with Crippen molar-refractivity contribution in [1.29, 1.82) is 0 Å². The Labute approximate surface area is 103 Å². The maximum atomic E-state index is 12.3. The maximum Gasteiger partial charge on any atom is 0.230 e. The van der Waals surface area contributed by atoms with Crippen LogP contribution in [0.25, 0.3) is 0 Å². The van der Waals surface area contributed by atoms with Crippen LogP contribution < -0.4 is 5.32 Å². The van der Waals surface area contributed by atoms with Gasteiger partial charge in [-0.2, -0.15) is 0 Å². The summed E-state index contributed by atoms with van der Waals surface area (Å²) in [6.07, 6.45) is 5.66. The SMILES string of the molecule is Cc1ccccc1NC(=O)C1(C)CCCCC1. The average molecular weight is 231 g/mol. The summed E-state index contributed by atoms with van der Waals surface area (Å²) < 4.78 is 0. The number of amides is 1. The minimum atomic E-state index is -0.166. The van der Waals surface area contributed by atoms with Crippen LogP contribution in [0.4, 0.5) is 5.69 Å². The van der Waals surface area contributed by atoms with Crippen molar-refractivity contribution in [2.75, 3.05) is 5.32 Å². The molecule has 0 radical (unpaired) electrons. The van der Waals surface area contributed by atoms with Crippen molar-refractivity contribution in [1.82, 2.24) is 0 Å². The van der Waals surface area contributed by atoms with E-state index in [1.54, 1.807) is 0 Å². The summed E-state index contributed by atoms with van der Waals surface area (Å²) in [5.41, 5.74) is 1.91. The third-order valence-corrected chi connectivity index (χ3v) is 3.90. The Morgan fingerprint density at radius 3 is 2.47 bits per heavy atom. The third kappa shape index (κ3) is 2.68. The number of nitrogens with one attached hydrogen (secondary N) is 1. The molecule has 0 atom stereocenters. The molecular formula is C15H21NO. The Morgan fingerprint density at radius 2 is 1.82 bits per heavy atom. The van der Waals surface area contributed by atoms with Crippen LogP contribution in [0.1, 0.15) is 44.6 Å². The van der Waals surface area contributed by atoms with Crippen molar-refractivity contribution < 1.29 is 4.79 Å². The van der Waals surface area contributed by atoms with E-state index in [1.165, 1.54) is 19.3 Å². The minimum Gasteiger partial charge on any atom is -0.325 e. The van der Waals surface area contributed by atoms with Gasteiger partial charge in [-0.05, 0) is 31.4 Å². The maximum absolute atomic E-state index is 12.3. The predicted molar refractivity (Wildman–Crippen MR) is 71.0 cm³/mol. The number of benzene rings is 1. The van der Waals surface area contributed by atoms with E-state index in [0.717, 1.165) is 24.1 Å². The number of hydrogen-bond donors (Lipinski definition) is 1. The van der Waals surface area contributed by atoms with E-state index in [1.807, 2.05) is 31.2 Å².